The average Bonchev–Trinajstić information content (AvgIpc) is 2.47. The Balaban J connectivity index is 2.13. The molecule has 0 aromatic heterocycles. The molecule has 1 fully saturated rings. The lowest BCUT2D eigenvalue weighted by atomic mass is 10.3. The van der Waals surface area contributed by atoms with Crippen molar-refractivity contribution in [3.05, 3.63) is 24.3 Å². The summed E-state index contributed by atoms with van der Waals surface area (Å²) in [6, 6.07) is 5.94. The smallest absolute Gasteiger partial charge is 0.239 e. The number of piperazine rings is 1. The third-order valence-electron chi connectivity index (χ3n) is 3.10. The first-order valence-electron chi connectivity index (χ1n) is 6.33. The van der Waals surface area contributed by atoms with Crippen molar-refractivity contribution in [3.63, 3.8) is 0 Å². The van der Waals surface area contributed by atoms with Crippen LogP contribution in [0.15, 0.2) is 29.2 Å². The minimum atomic E-state index is -3.76. The van der Waals surface area contributed by atoms with Crippen LogP contribution in [0.4, 0.5) is 0 Å². The summed E-state index contributed by atoms with van der Waals surface area (Å²) in [5, 5.41) is 2.58. The molecule has 21 heavy (non-hydrogen) atoms. The third-order valence-corrected chi connectivity index (χ3v) is 4.70. The van der Waals surface area contributed by atoms with Crippen molar-refractivity contribution < 1.29 is 22.7 Å². The van der Waals surface area contributed by atoms with Gasteiger partial charge in [0.05, 0.1) is 18.6 Å². The van der Waals surface area contributed by atoms with Crippen molar-refractivity contribution in [2.45, 2.75) is 4.90 Å². The van der Waals surface area contributed by atoms with Gasteiger partial charge in [0.15, 0.2) is 9.84 Å². The van der Waals surface area contributed by atoms with Gasteiger partial charge in [-0.15, -0.1) is 0 Å². The number of rotatable bonds is 4. The van der Waals surface area contributed by atoms with E-state index in [1.165, 1.54) is 24.1 Å². The average molecular weight is 312 g/mol. The fourth-order valence-corrected chi connectivity index (χ4v) is 3.24. The van der Waals surface area contributed by atoms with Crippen LogP contribution in [-0.4, -0.2) is 57.6 Å². The molecule has 0 atom stereocenters. The summed E-state index contributed by atoms with van der Waals surface area (Å²) in [5.41, 5.74) is 0. The Morgan fingerprint density at radius 3 is 2.86 bits per heavy atom. The molecule has 114 valence electrons. The number of nitrogens with one attached hydrogen (secondary N) is 1. The number of carbonyl (C=O) groups excluding carboxylic acids is 2. The number of amides is 2. The van der Waals surface area contributed by atoms with Gasteiger partial charge in [-0.25, -0.2) is 8.42 Å². The predicted octanol–water partition coefficient (Wildman–Crippen LogP) is -0.573. The molecule has 1 saturated heterocycles. The maximum absolute atomic E-state index is 12.2. The topological polar surface area (TPSA) is 92.8 Å². The number of sulfone groups is 1. The van der Waals surface area contributed by atoms with Gasteiger partial charge in [-0.1, -0.05) is 6.07 Å². The molecule has 2 rings (SSSR count). The highest BCUT2D eigenvalue weighted by atomic mass is 32.2. The van der Waals surface area contributed by atoms with Gasteiger partial charge < -0.3 is 15.0 Å². The van der Waals surface area contributed by atoms with Crippen LogP contribution in [-0.2, 0) is 19.4 Å². The molecular weight excluding hydrogens is 296 g/mol. The summed E-state index contributed by atoms with van der Waals surface area (Å²) in [7, 11) is -2.33. The summed E-state index contributed by atoms with van der Waals surface area (Å²) in [5.74, 6) is -1.12. The molecule has 0 aliphatic carbocycles. The highest BCUT2D eigenvalue weighted by Crippen LogP contribution is 2.18. The fraction of sp³-hybridized carbons (Fsp3) is 0.385. The first-order valence-corrected chi connectivity index (χ1v) is 7.99. The monoisotopic (exact) mass is 312 g/mol. The lowest BCUT2D eigenvalue weighted by Gasteiger charge is -2.26. The Morgan fingerprint density at radius 1 is 1.43 bits per heavy atom. The van der Waals surface area contributed by atoms with E-state index >= 15 is 0 Å². The second-order valence-corrected chi connectivity index (χ2v) is 6.59. The highest BCUT2D eigenvalue weighted by Gasteiger charge is 2.26. The summed E-state index contributed by atoms with van der Waals surface area (Å²) in [4.78, 5) is 24.5. The molecule has 1 heterocycles. The Kier molecular flexibility index (Phi) is 4.46. The molecule has 2 amide bonds. The zero-order valence-corrected chi connectivity index (χ0v) is 12.4. The molecule has 0 bridgehead atoms. The summed E-state index contributed by atoms with van der Waals surface area (Å²) < 4.78 is 29.4. The number of hydrogen-bond donors (Lipinski definition) is 1. The molecule has 7 nitrogen and oxygen atoms in total. The fourth-order valence-electron chi connectivity index (χ4n) is 1.98. The molecule has 1 N–H and O–H groups in total. The van der Waals surface area contributed by atoms with E-state index in [9.17, 15) is 18.0 Å². The predicted molar refractivity (Wildman–Crippen MR) is 74.6 cm³/mol. The van der Waals surface area contributed by atoms with Crippen molar-refractivity contribution in [3.8, 4) is 5.75 Å². The Labute approximate surface area is 122 Å². The highest BCUT2D eigenvalue weighted by molar-refractivity contribution is 7.92. The number of ether oxygens (including phenoxy) is 1. The van der Waals surface area contributed by atoms with E-state index in [1.807, 2.05) is 0 Å². The SMILES string of the molecule is COc1cccc(S(=O)(=O)CC(=O)N2CCNC(=O)C2)c1. The zero-order chi connectivity index (χ0) is 15.5. The second kappa shape index (κ2) is 6.13. The molecular formula is C13H16N2O5S. The quantitative estimate of drug-likeness (QED) is 0.803. The summed E-state index contributed by atoms with van der Waals surface area (Å²) in [6.45, 7) is 0.550. The van der Waals surface area contributed by atoms with E-state index < -0.39 is 21.5 Å². The van der Waals surface area contributed by atoms with Crippen LogP contribution >= 0.6 is 0 Å². The van der Waals surface area contributed by atoms with Crippen LogP contribution in [0, 0.1) is 0 Å². The van der Waals surface area contributed by atoms with Gasteiger partial charge in [-0.3, -0.25) is 9.59 Å². The van der Waals surface area contributed by atoms with Gasteiger partial charge in [-0.05, 0) is 18.2 Å². The van der Waals surface area contributed by atoms with E-state index in [2.05, 4.69) is 5.32 Å². The van der Waals surface area contributed by atoms with Gasteiger partial charge in [0, 0.05) is 13.1 Å². The Morgan fingerprint density at radius 2 is 2.19 bits per heavy atom. The number of hydrogen-bond acceptors (Lipinski definition) is 5. The van der Waals surface area contributed by atoms with Crippen molar-refractivity contribution >= 4 is 21.7 Å². The summed E-state index contributed by atoms with van der Waals surface area (Å²) in [6.07, 6.45) is 0. The third kappa shape index (κ3) is 3.72. The van der Waals surface area contributed by atoms with Crippen LogP contribution < -0.4 is 10.1 Å². The lowest BCUT2D eigenvalue weighted by molar-refractivity contribution is -0.136. The Hall–Kier alpha value is -2.09. The molecule has 0 saturated carbocycles. The second-order valence-electron chi connectivity index (χ2n) is 4.60. The van der Waals surface area contributed by atoms with E-state index in [-0.39, 0.29) is 17.3 Å². The van der Waals surface area contributed by atoms with Gasteiger partial charge in [0.1, 0.15) is 11.5 Å². The molecule has 8 heteroatoms. The van der Waals surface area contributed by atoms with Crippen LogP contribution in [0.1, 0.15) is 0 Å². The van der Waals surface area contributed by atoms with Crippen LogP contribution in [0.3, 0.4) is 0 Å². The molecule has 1 aromatic carbocycles. The maximum Gasteiger partial charge on any atom is 0.239 e. The van der Waals surface area contributed by atoms with Gasteiger partial charge >= 0.3 is 0 Å². The first kappa shape index (κ1) is 15.3. The number of nitrogens with zero attached hydrogens (tertiary/aromatic N) is 1. The first-order chi connectivity index (χ1) is 9.92. The normalized spacial score (nSPS) is 15.5. The maximum atomic E-state index is 12.2. The number of methoxy groups -OCH3 is 1. The van der Waals surface area contributed by atoms with Gasteiger partial charge in [0.2, 0.25) is 11.8 Å². The lowest BCUT2D eigenvalue weighted by Crippen LogP contribution is -2.51. The molecule has 0 spiro atoms. The Bertz CT molecular complexity index is 656. The standard InChI is InChI=1S/C13H16N2O5S/c1-20-10-3-2-4-11(7-10)21(18,19)9-13(17)15-6-5-14-12(16)8-15/h2-4,7H,5-6,8-9H2,1H3,(H,14,16). The van der Waals surface area contributed by atoms with Gasteiger partial charge in [0.25, 0.3) is 0 Å². The molecule has 1 aliphatic heterocycles. The minimum Gasteiger partial charge on any atom is -0.497 e. The minimum absolute atomic E-state index is 0.0247. The molecule has 1 aromatic rings. The molecule has 1 aliphatic rings. The van der Waals surface area contributed by atoms with Crippen molar-refractivity contribution in [1.82, 2.24) is 10.2 Å². The van der Waals surface area contributed by atoms with Crippen molar-refractivity contribution in [2.75, 3.05) is 32.5 Å². The van der Waals surface area contributed by atoms with Gasteiger partial charge in [-0.2, -0.15) is 0 Å². The van der Waals surface area contributed by atoms with E-state index in [1.54, 1.807) is 12.1 Å². The van der Waals surface area contributed by atoms with E-state index in [0.29, 0.717) is 18.8 Å². The van der Waals surface area contributed by atoms with Crippen LogP contribution in [0.2, 0.25) is 0 Å². The largest absolute Gasteiger partial charge is 0.497 e. The number of carbonyl (C=O) groups is 2. The van der Waals surface area contributed by atoms with Crippen LogP contribution in [0.25, 0.3) is 0 Å². The van der Waals surface area contributed by atoms with E-state index in [4.69, 9.17) is 4.74 Å². The molecule has 0 unspecified atom stereocenters. The van der Waals surface area contributed by atoms with Crippen molar-refractivity contribution in [1.29, 1.82) is 0 Å². The summed E-state index contributed by atoms with van der Waals surface area (Å²) >= 11 is 0. The zero-order valence-electron chi connectivity index (χ0n) is 11.5. The van der Waals surface area contributed by atoms with Crippen molar-refractivity contribution in [2.24, 2.45) is 0 Å². The number of benzene rings is 1. The molecule has 0 radical (unpaired) electrons. The van der Waals surface area contributed by atoms with Crippen LogP contribution in [0.5, 0.6) is 5.75 Å². The van der Waals surface area contributed by atoms with E-state index in [0.717, 1.165) is 0 Å².